The van der Waals surface area contributed by atoms with Crippen molar-refractivity contribution in [2.24, 2.45) is 0 Å². The molecule has 0 spiro atoms. The summed E-state index contributed by atoms with van der Waals surface area (Å²) in [5.74, 6) is 0. The average Bonchev–Trinajstić information content (AvgIpc) is 2.52. The minimum absolute atomic E-state index is 0.0754. The van der Waals surface area contributed by atoms with Gasteiger partial charge >= 0.3 is 0 Å². The van der Waals surface area contributed by atoms with Crippen molar-refractivity contribution in [3.8, 4) is 0 Å². The van der Waals surface area contributed by atoms with Crippen molar-refractivity contribution in [3.05, 3.63) is 29.3 Å². The van der Waals surface area contributed by atoms with Crippen LogP contribution in [0.2, 0.25) is 0 Å². The van der Waals surface area contributed by atoms with E-state index in [1.807, 2.05) is 6.07 Å². The molecule has 1 aromatic carbocycles. The molecule has 0 saturated heterocycles. The number of hydrogen-bond donors (Lipinski definition) is 2. The number of aliphatic hydroxyl groups excluding tert-OH is 1. The van der Waals surface area contributed by atoms with Crippen LogP contribution in [-0.2, 0) is 13.0 Å². The van der Waals surface area contributed by atoms with Crippen LogP contribution in [0.3, 0.4) is 0 Å². The predicted molar refractivity (Wildman–Crippen MR) is 64.4 cm³/mol. The van der Waals surface area contributed by atoms with Gasteiger partial charge in [0.2, 0.25) is 0 Å². The molecule has 0 unspecified atom stereocenters. The second-order valence-electron chi connectivity index (χ2n) is 3.19. The average molecular weight is 224 g/mol. The molecule has 0 amide bonds. The Balaban J connectivity index is 2.79. The van der Waals surface area contributed by atoms with Gasteiger partial charge in [-0.1, -0.05) is 25.1 Å². The van der Waals surface area contributed by atoms with Gasteiger partial charge in [0.05, 0.1) is 10.8 Å². The maximum Gasteiger partial charge on any atom is 0.0707 e. The molecule has 14 heavy (non-hydrogen) atoms. The Bertz CT molecular complexity index is 460. The van der Waals surface area contributed by atoms with Gasteiger partial charge in [0, 0.05) is 10.3 Å². The zero-order valence-corrected chi connectivity index (χ0v) is 9.66. The first-order chi connectivity index (χ1) is 6.77. The number of rotatable bonds is 2. The van der Waals surface area contributed by atoms with Crippen molar-refractivity contribution in [2.45, 2.75) is 24.2 Å². The zero-order chi connectivity index (χ0) is 10.1. The topological polar surface area (TPSA) is 20.2 Å². The van der Waals surface area contributed by atoms with E-state index >= 15 is 0 Å². The molecule has 2 aromatic rings. The van der Waals surface area contributed by atoms with Crippen molar-refractivity contribution in [2.75, 3.05) is 0 Å². The number of benzene rings is 1. The second-order valence-corrected chi connectivity index (χ2v) is 4.96. The van der Waals surface area contributed by atoms with E-state index in [1.54, 1.807) is 11.3 Å². The van der Waals surface area contributed by atoms with E-state index in [-0.39, 0.29) is 6.61 Å². The van der Waals surface area contributed by atoms with Crippen molar-refractivity contribution in [1.82, 2.24) is 0 Å². The van der Waals surface area contributed by atoms with Crippen LogP contribution in [0.5, 0.6) is 0 Å². The lowest BCUT2D eigenvalue weighted by molar-refractivity contribution is 0.281. The highest BCUT2D eigenvalue weighted by molar-refractivity contribution is 7.83. The minimum atomic E-state index is 0.0754. The largest absolute Gasteiger partial charge is 0.392 e. The first kappa shape index (κ1) is 10.0. The fraction of sp³-hybridized carbons (Fsp3) is 0.273. The quantitative estimate of drug-likeness (QED) is 0.750. The molecule has 3 heteroatoms. The molecule has 0 aliphatic rings. The summed E-state index contributed by atoms with van der Waals surface area (Å²) in [5, 5.41) is 10.4. The molecule has 0 saturated carbocycles. The summed E-state index contributed by atoms with van der Waals surface area (Å²) in [4.78, 5) is 0. The summed E-state index contributed by atoms with van der Waals surface area (Å²) in [6.45, 7) is 2.22. The first-order valence-corrected chi connectivity index (χ1v) is 5.87. The van der Waals surface area contributed by atoms with E-state index in [9.17, 15) is 5.11 Å². The Morgan fingerprint density at radius 1 is 1.43 bits per heavy atom. The maximum absolute atomic E-state index is 9.23. The lowest BCUT2D eigenvalue weighted by Gasteiger charge is -1.98. The fourth-order valence-electron chi connectivity index (χ4n) is 1.65. The zero-order valence-electron chi connectivity index (χ0n) is 7.95. The summed E-state index contributed by atoms with van der Waals surface area (Å²) < 4.78 is 2.20. The van der Waals surface area contributed by atoms with Gasteiger partial charge in [0.25, 0.3) is 0 Å². The van der Waals surface area contributed by atoms with Gasteiger partial charge in [0.1, 0.15) is 0 Å². The van der Waals surface area contributed by atoms with Gasteiger partial charge in [-0.25, -0.2) is 0 Å². The number of hydrogen-bond acceptors (Lipinski definition) is 3. The van der Waals surface area contributed by atoms with E-state index < -0.39 is 0 Å². The molecule has 0 aliphatic heterocycles. The second kappa shape index (κ2) is 3.93. The number of aliphatic hydroxyl groups is 1. The van der Waals surface area contributed by atoms with Gasteiger partial charge in [-0.2, -0.15) is 0 Å². The highest BCUT2D eigenvalue weighted by atomic mass is 32.2. The number of thiol groups is 1. The Morgan fingerprint density at radius 2 is 2.21 bits per heavy atom. The summed E-state index contributed by atoms with van der Waals surface area (Å²) in [7, 11) is 0. The van der Waals surface area contributed by atoms with Crippen molar-refractivity contribution >= 4 is 34.1 Å². The van der Waals surface area contributed by atoms with Crippen molar-refractivity contribution < 1.29 is 5.11 Å². The Labute approximate surface area is 92.8 Å². The van der Waals surface area contributed by atoms with E-state index in [0.29, 0.717) is 0 Å². The molecule has 74 valence electrons. The van der Waals surface area contributed by atoms with Crippen LogP contribution >= 0.6 is 24.0 Å². The van der Waals surface area contributed by atoms with Crippen molar-refractivity contribution in [1.29, 1.82) is 0 Å². The monoisotopic (exact) mass is 224 g/mol. The Morgan fingerprint density at radius 3 is 2.86 bits per heavy atom. The molecule has 2 rings (SSSR count). The third-order valence-corrected chi connectivity index (χ3v) is 4.09. The van der Waals surface area contributed by atoms with E-state index in [0.717, 1.165) is 21.6 Å². The summed E-state index contributed by atoms with van der Waals surface area (Å²) in [5.41, 5.74) is 2.30. The van der Waals surface area contributed by atoms with Gasteiger partial charge < -0.3 is 5.11 Å². The van der Waals surface area contributed by atoms with Crippen LogP contribution < -0.4 is 0 Å². The molecule has 0 radical (unpaired) electrons. The third kappa shape index (κ3) is 1.45. The predicted octanol–water partition coefficient (Wildman–Crippen LogP) is 3.24. The van der Waals surface area contributed by atoms with Gasteiger partial charge in [-0.15, -0.1) is 24.0 Å². The molecule has 1 heterocycles. The van der Waals surface area contributed by atoms with Gasteiger partial charge in [-0.05, 0) is 17.4 Å². The highest BCUT2D eigenvalue weighted by Crippen LogP contribution is 2.36. The van der Waals surface area contributed by atoms with Crippen LogP contribution in [0.15, 0.2) is 22.4 Å². The molecular weight excluding hydrogens is 212 g/mol. The molecule has 0 bridgehead atoms. The lowest BCUT2D eigenvalue weighted by Crippen LogP contribution is -1.82. The smallest absolute Gasteiger partial charge is 0.0707 e. The highest BCUT2D eigenvalue weighted by Gasteiger charge is 2.10. The van der Waals surface area contributed by atoms with Crippen LogP contribution in [0.4, 0.5) is 0 Å². The standard InChI is InChI=1S/C11H12OS2/c1-2-7-4-3-5-8-9(6-12)11(13)14-10(7)8/h3-5,12-13H,2,6H2,1H3. The number of fused-ring (bicyclic) bond motifs is 1. The van der Waals surface area contributed by atoms with Crippen molar-refractivity contribution in [3.63, 3.8) is 0 Å². The summed E-state index contributed by atoms with van der Waals surface area (Å²) in [6.07, 6.45) is 1.02. The Hall–Kier alpha value is -0.510. The van der Waals surface area contributed by atoms with Crippen LogP contribution in [0.1, 0.15) is 18.1 Å². The number of thiophene rings is 1. The minimum Gasteiger partial charge on any atom is -0.392 e. The molecule has 1 nitrogen and oxygen atoms in total. The van der Waals surface area contributed by atoms with E-state index in [1.165, 1.54) is 10.3 Å². The lowest BCUT2D eigenvalue weighted by atomic mass is 10.1. The number of aryl methyl sites for hydroxylation is 1. The van der Waals surface area contributed by atoms with E-state index in [4.69, 9.17) is 0 Å². The third-order valence-electron chi connectivity index (χ3n) is 2.42. The van der Waals surface area contributed by atoms with E-state index in [2.05, 4.69) is 31.7 Å². The molecule has 0 aliphatic carbocycles. The van der Waals surface area contributed by atoms with Gasteiger partial charge in [0.15, 0.2) is 0 Å². The summed E-state index contributed by atoms with van der Waals surface area (Å²) >= 11 is 6.04. The summed E-state index contributed by atoms with van der Waals surface area (Å²) in [6, 6.07) is 6.23. The fourth-order valence-corrected chi connectivity index (χ4v) is 3.25. The Kier molecular flexibility index (Phi) is 2.81. The SMILES string of the molecule is CCc1cccc2c(CO)c(S)sc12. The van der Waals surface area contributed by atoms with Gasteiger partial charge in [-0.3, -0.25) is 0 Å². The molecule has 1 aromatic heterocycles. The van der Waals surface area contributed by atoms with Crippen LogP contribution in [-0.4, -0.2) is 5.11 Å². The molecule has 0 atom stereocenters. The molecule has 0 fully saturated rings. The molecular formula is C11H12OS2. The normalized spacial score (nSPS) is 11.1. The first-order valence-electron chi connectivity index (χ1n) is 4.61. The van der Waals surface area contributed by atoms with Crippen LogP contribution in [0, 0.1) is 0 Å². The molecule has 1 N–H and O–H groups in total. The maximum atomic E-state index is 9.23. The van der Waals surface area contributed by atoms with Crippen LogP contribution in [0.25, 0.3) is 10.1 Å².